The van der Waals surface area contributed by atoms with Crippen molar-refractivity contribution < 1.29 is 74.1 Å². The first-order chi connectivity index (χ1) is 3.15. The quantitative estimate of drug-likeness (QED) is 0.348. The molecule has 4 nitrogen and oxygen atoms in total. The van der Waals surface area contributed by atoms with Crippen molar-refractivity contribution in [3.8, 4) is 0 Å². The van der Waals surface area contributed by atoms with Crippen molar-refractivity contribution >= 4 is 6.16 Å². The van der Waals surface area contributed by atoms with E-state index in [1.807, 2.05) is 6.92 Å². The molecule has 0 aromatic rings. The average molecular weight is 151 g/mol. The summed E-state index contributed by atoms with van der Waals surface area (Å²) < 4.78 is 0. The van der Waals surface area contributed by atoms with Gasteiger partial charge >= 0.3 is 59.1 Å². The Hall–Kier alpha value is 1.23. The summed E-state index contributed by atoms with van der Waals surface area (Å²) in [7, 11) is 0. The fourth-order valence-corrected chi connectivity index (χ4v) is 0. The van der Waals surface area contributed by atoms with Crippen LogP contribution in [0.25, 0.3) is 0 Å². The van der Waals surface area contributed by atoms with Crippen molar-refractivity contribution in [2.45, 2.75) is 6.92 Å². The Kier molecular flexibility index (Phi) is 57.0. The molecule has 6 heteroatoms. The Morgan fingerprint density at radius 2 is 1.44 bits per heavy atom. The molecule has 0 spiro atoms. The maximum absolute atomic E-state index is 8.33. The molecule has 0 aliphatic heterocycles. The number of hydrogen-bond donors (Lipinski definition) is 1. The Labute approximate surface area is 98.4 Å². The first-order valence-electron chi connectivity index (χ1n) is 1.73. The van der Waals surface area contributed by atoms with Crippen molar-refractivity contribution in [3.63, 3.8) is 0 Å². The molecule has 2 N–H and O–H groups in total. The van der Waals surface area contributed by atoms with Crippen LogP contribution in [0.15, 0.2) is 0 Å². The van der Waals surface area contributed by atoms with E-state index in [0.717, 1.165) is 6.54 Å². The van der Waals surface area contributed by atoms with Gasteiger partial charge in [-0.1, -0.05) is 6.92 Å². The van der Waals surface area contributed by atoms with Crippen molar-refractivity contribution in [3.05, 3.63) is 0 Å². The van der Waals surface area contributed by atoms with Gasteiger partial charge in [-0.25, -0.2) is 0 Å². The Bertz CT molecular complexity index is 48.3. The summed E-state index contributed by atoms with van der Waals surface area (Å²) in [4.78, 5) is 8.33. The van der Waals surface area contributed by atoms with Crippen LogP contribution in [0.5, 0.6) is 0 Å². The third-order valence-electron chi connectivity index (χ3n) is 0. The van der Waals surface area contributed by atoms with Crippen LogP contribution in [-0.2, 0) is 0 Å². The van der Waals surface area contributed by atoms with Crippen LogP contribution in [0.1, 0.15) is 6.92 Å². The van der Waals surface area contributed by atoms with E-state index < -0.39 is 6.16 Å². The summed E-state index contributed by atoms with van der Waals surface area (Å²) in [5, 5.41) is 16.7. The number of carbonyl (C=O) groups is 1. The fourth-order valence-electron chi connectivity index (χ4n) is 0. The van der Waals surface area contributed by atoms with Crippen molar-refractivity contribution in [1.82, 2.24) is 0 Å². The van der Waals surface area contributed by atoms with Gasteiger partial charge in [-0.05, 0) is 12.7 Å². The predicted octanol–water partition coefficient (Wildman–Crippen LogP) is -8.47. The van der Waals surface area contributed by atoms with Crippen LogP contribution in [0.3, 0.4) is 0 Å². The van der Waals surface area contributed by atoms with Gasteiger partial charge < -0.3 is 20.7 Å². The minimum Gasteiger partial charge on any atom is -0.652 e. The minimum absolute atomic E-state index is 0. The summed E-state index contributed by atoms with van der Waals surface area (Å²) in [6.45, 7) is 2.65. The molecule has 0 aliphatic rings. The number of carboxylic acid groups (broad SMARTS) is 2. The maximum Gasteiger partial charge on any atom is 1.00 e. The Balaban J connectivity index is -0.0000000233. The van der Waals surface area contributed by atoms with E-state index in [1.165, 1.54) is 0 Å². The molecule has 0 saturated heterocycles. The van der Waals surface area contributed by atoms with E-state index >= 15 is 0 Å². The van der Waals surface area contributed by atoms with Crippen LogP contribution < -0.4 is 75.1 Å². The molecule has 0 rings (SSSR count). The molecule has 0 heterocycles. The van der Waals surface area contributed by atoms with Gasteiger partial charge in [-0.3, -0.25) is 0 Å². The van der Waals surface area contributed by atoms with Gasteiger partial charge in [0.2, 0.25) is 0 Å². The molecule has 0 bridgehead atoms. The topological polar surface area (TPSA) is 89.2 Å². The van der Waals surface area contributed by atoms with Gasteiger partial charge in [-0.15, -0.1) is 0 Å². The zero-order valence-corrected chi connectivity index (χ0v) is 10.0. The van der Waals surface area contributed by atoms with Crippen molar-refractivity contribution in [1.29, 1.82) is 0 Å². The third-order valence-corrected chi connectivity index (χ3v) is 0. The zero-order valence-electron chi connectivity index (χ0n) is 6.01. The van der Waals surface area contributed by atoms with Crippen LogP contribution in [0.4, 0.5) is 4.79 Å². The van der Waals surface area contributed by atoms with Gasteiger partial charge in [0.15, 0.2) is 0 Å². The van der Waals surface area contributed by atoms with Gasteiger partial charge in [0.05, 0.1) is 0 Å². The van der Waals surface area contributed by atoms with Crippen LogP contribution in [-0.4, -0.2) is 12.7 Å². The second-order valence-electron chi connectivity index (χ2n) is 0.658. The molecule has 0 radical (unpaired) electrons. The standard InChI is InChI=1S/C2H7N.CH2O3.2Na/c1-2-3;2-1(3)4;;/h2-3H2,1H3;(H2,2,3,4);;/q;;2*+1/p-2. The number of rotatable bonds is 0. The largest absolute Gasteiger partial charge is 1.00 e. The molecule has 0 aliphatic carbocycles. The second kappa shape index (κ2) is 22.9. The van der Waals surface area contributed by atoms with Crippen LogP contribution >= 0.6 is 0 Å². The number of hydrogen-bond acceptors (Lipinski definition) is 4. The maximum atomic E-state index is 8.33. The molecule has 0 aromatic carbocycles. The predicted molar refractivity (Wildman–Crippen MR) is 20.1 cm³/mol. The molecular formula is C3H7NNa2O3. The molecular weight excluding hydrogens is 144 g/mol. The molecule has 0 fully saturated rings. The van der Waals surface area contributed by atoms with E-state index in [2.05, 4.69) is 0 Å². The minimum atomic E-state index is -2.33. The van der Waals surface area contributed by atoms with E-state index in [0.29, 0.717) is 0 Å². The Morgan fingerprint density at radius 3 is 1.44 bits per heavy atom. The zero-order chi connectivity index (χ0) is 6.28. The average Bonchev–Trinajstić information content (AvgIpc) is 1.33. The molecule has 0 amide bonds. The van der Waals surface area contributed by atoms with Crippen molar-refractivity contribution in [2.24, 2.45) is 5.73 Å². The molecule has 0 saturated carbocycles. The fraction of sp³-hybridized carbons (Fsp3) is 0.667. The smallest absolute Gasteiger partial charge is 0.652 e. The number of carbonyl (C=O) groups excluding carboxylic acids is 1. The van der Waals surface area contributed by atoms with Gasteiger partial charge in [0.25, 0.3) is 0 Å². The SMILES string of the molecule is CCN.O=C([O-])[O-].[Na+].[Na+]. The molecule has 0 atom stereocenters. The molecule has 44 valence electrons. The Morgan fingerprint density at radius 1 is 1.44 bits per heavy atom. The summed E-state index contributed by atoms with van der Waals surface area (Å²) in [6, 6.07) is 0. The molecule has 0 aromatic heterocycles. The third kappa shape index (κ3) is 319. The van der Waals surface area contributed by atoms with Gasteiger partial charge in [0.1, 0.15) is 0 Å². The summed E-state index contributed by atoms with van der Waals surface area (Å²) in [5.74, 6) is 0. The monoisotopic (exact) mass is 151 g/mol. The number of nitrogens with two attached hydrogens (primary N) is 1. The molecule has 9 heavy (non-hydrogen) atoms. The normalized spacial score (nSPS) is 4.67. The van der Waals surface area contributed by atoms with Crippen LogP contribution in [0.2, 0.25) is 0 Å². The van der Waals surface area contributed by atoms with Crippen LogP contribution in [0, 0.1) is 0 Å². The van der Waals surface area contributed by atoms with E-state index in [1.54, 1.807) is 0 Å². The van der Waals surface area contributed by atoms with Crippen molar-refractivity contribution in [2.75, 3.05) is 6.54 Å². The summed E-state index contributed by atoms with van der Waals surface area (Å²) in [6.07, 6.45) is -2.33. The summed E-state index contributed by atoms with van der Waals surface area (Å²) >= 11 is 0. The van der Waals surface area contributed by atoms with E-state index in [4.69, 9.17) is 20.7 Å². The van der Waals surface area contributed by atoms with E-state index in [-0.39, 0.29) is 59.1 Å². The second-order valence-corrected chi connectivity index (χ2v) is 0.658. The van der Waals surface area contributed by atoms with E-state index in [9.17, 15) is 0 Å². The summed E-state index contributed by atoms with van der Waals surface area (Å²) in [5.41, 5.74) is 4.85. The molecule has 0 unspecified atom stereocenters. The van der Waals surface area contributed by atoms with Gasteiger partial charge in [-0.2, -0.15) is 0 Å². The first-order valence-corrected chi connectivity index (χ1v) is 1.73. The van der Waals surface area contributed by atoms with Gasteiger partial charge in [0, 0.05) is 0 Å². The first kappa shape index (κ1) is 22.5.